The van der Waals surface area contributed by atoms with Gasteiger partial charge >= 0.3 is 18.0 Å². The van der Waals surface area contributed by atoms with Crippen LogP contribution in [0.2, 0.25) is 5.02 Å². The van der Waals surface area contributed by atoms with E-state index in [2.05, 4.69) is 16.0 Å². The summed E-state index contributed by atoms with van der Waals surface area (Å²) in [5.41, 5.74) is 4.58. The van der Waals surface area contributed by atoms with Gasteiger partial charge in [-0.2, -0.15) is 0 Å². The first-order valence-corrected chi connectivity index (χ1v) is 24.6. The predicted molar refractivity (Wildman–Crippen MR) is 252 cm³/mol. The van der Waals surface area contributed by atoms with Crippen LogP contribution in [0.15, 0.2) is 78.9 Å². The number of thiophene rings is 1. The number of nitrogens with one attached hydrogen (secondary N) is 3. The summed E-state index contributed by atoms with van der Waals surface area (Å²) in [5.74, 6) is -3.98. The molecule has 3 saturated heterocycles. The third kappa shape index (κ3) is 9.28. The van der Waals surface area contributed by atoms with E-state index in [9.17, 15) is 42.3 Å². The molecule has 67 heavy (non-hydrogen) atoms. The highest BCUT2D eigenvalue weighted by Crippen LogP contribution is 2.47. The van der Waals surface area contributed by atoms with Crippen LogP contribution < -0.4 is 25.6 Å². The Morgan fingerprint density at radius 1 is 0.866 bits per heavy atom. The van der Waals surface area contributed by atoms with Gasteiger partial charge in [0.25, 0.3) is 5.91 Å². The van der Waals surface area contributed by atoms with Crippen LogP contribution in [0.25, 0.3) is 21.2 Å². The SMILES string of the molecule is O=C(O)COc1c(C(=O)O)sc(-c2cccc(NC3CCN(S(=O)(=O)Cc4cccc(NC(=O)N5CCC(c6ccc7c8c(cccc68)C(=O)N7C6CCC(=O)NC6=O)CC5)c4)CC3)c2)c1Cl. The number of ether oxygens (including phenoxy) is 1. The molecular weight excluding hydrogens is 924 g/mol. The Balaban J connectivity index is 0.778. The van der Waals surface area contributed by atoms with Gasteiger partial charge in [0.2, 0.25) is 21.8 Å². The molecule has 5 aromatic rings. The second-order valence-electron chi connectivity index (χ2n) is 17.0. The van der Waals surface area contributed by atoms with Crippen LogP contribution >= 0.6 is 22.9 Å². The molecule has 4 aromatic carbocycles. The number of likely N-dealkylation sites (tertiary alicyclic amines) is 1. The van der Waals surface area contributed by atoms with Gasteiger partial charge in [0.1, 0.15) is 11.1 Å². The maximum atomic E-state index is 13.7. The zero-order valence-corrected chi connectivity index (χ0v) is 38.2. The molecule has 4 aliphatic heterocycles. The average molecular weight is 969 g/mol. The van der Waals surface area contributed by atoms with E-state index in [1.807, 2.05) is 30.3 Å². The summed E-state index contributed by atoms with van der Waals surface area (Å²) in [7, 11) is -3.71. The van der Waals surface area contributed by atoms with E-state index >= 15 is 0 Å². The lowest BCUT2D eigenvalue weighted by atomic mass is 9.85. The summed E-state index contributed by atoms with van der Waals surface area (Å²) in [6, 6.07) is 22.4. The molecule has 5 amide bonds. The first-order valence-electron chi connectivity index (χ1n) is 21.8. The number of rotatable bonds is 13. The minimum Gasteiger partial charge on any atom is -0.479 e. The Kier molecular flexibility index (Phi) is 12.7. The number of carboxylic acid groups (broad SMARTS) is 2. The highest BCUT2D eigenvalue weighted by atomic mass is 35.5. The number of piperidine rings is 3. The number of carbonyl (C=O) groups excluding carboxylic acids is 4. The second kappa shape index (κ2) is 18.6. The molecule has 5 N–H and O–H groups in total. The molecular formula is C47H45ClN6O11S2. The standard InChI is InChI=1S/C47H45ClN6O11S2/c48-40-41(65-24-38(56)57)43(46(60)61)66-42(40)28-5-2-7-31(23-28)49-29-16-20-53(21-17-29)67(63,64)25-26-4-1-6-30(22-26)50-47(62)52-18-14-27(15-19-52)32-10-11-35-39-33(32)8-3-9-34(39)45(59)54(35)36-12-13-37(55)51-44(36)58/h1-11,22-23,27,29,36,49H,12-21,24-25H2,(H,50,62)(H,56,57)(H,60,61)(H,51,55,58). The van der Waals surface area contributed by atoms with Crippen molar-refractivity contribution >= 4 is 96.5 Å². The Hall–Kier alpha value is -6.54. The van der Waals surface area contributed by atoms with Crippen molar-refractivity contribution in [3.05, 3.63) is 105 Å². The number of hydrogen-bond donors (Lipinski definition) is 5. The van der Waals surface area contributed by atoms with Crippen LogP contribution in [0.1, 0.15) is 75.6 Å². The Labute approximate surface area is 393 Å². The highest BCUT2D eigenvalue weighted by Gasteiger charge is 2.41. The fourth-order valence-electron chi connectivity index (χ4n) is 9.51. The van der Waals surface area contributed by atoms with Crippen molar-refractivity contribution < 1.29 is 52.1 Å². The molecule has 5 heterocycles. The number of carboxylic acids is 2. The number of nitrogens with zero attached hydrogens (tertiary/aromatic N) is 3. The number of halogens is 1. The molecule has 9 rings (SSSR count). The first kappa shape index (κ1) is 45.6. The number of urea groups is 1. The minimum absolute atomic E-state index is 0.000177. The van der Waals surface area contributed by atoms with Gasteiger partial charge in [0.05, 0.1) is 16.3 Å². The number of carbonyl (C=O) groups is 6. The van der Waals surface area contributed by atoms with Crippen molar-refractivity contribution in [1.29, 1.82) is 0 Å². The third-order valence-corrected chi connectivity index (χ3v) is 16.2. The lowest BCUT2D eigenvalue weighted by Crippen LogP contribution is -2.53. The fraction of sp³-hybridized carbons (Fsp3) is 0.319. The average Bonchev–Trinajstić information content (AvgIpc) is 3.79. The molecule has 0 aliphatic carbocycles. The number of hydrogen-bond acceptors (Lipinski definition) is 11. The van der Waals surface area contributed by atoms with Gasteiger partial charge in [-0.1, -0.05) is 54.1 Å². The van der Waals surface area contributed by atoms with Gasteiger partial charge in [-0.25, -0.2) is 27.1 Å². The van der Waals surface area contributed by atoms with Gasteiger partial charge in [-0.3, -0.25) is 24.6 Å². The van der Waals surface area contributed by atoms with E-state index < -0.39 is 40.5 Å². The summed E-state index contributed by atoms with van der Waals surface area (Å²) >= 11 is 7.37. The van der Waals surface area contributed by atoms with Crippen molar-refractivity contribution in [1.82, 2.24) is 14.5 Å². The smallest absolute Gasteiger partial charge is 0.349 e. The van der Waals surface area contributed by atoms with E-state index in [1.165, 1.54) is 9.21 Å². The van der Waals surface area contributed by atoms with Crippen LogP contribution in [0.4, 0.5) is 21.9 Å². The molecule has 3 fully saturated rings. The van der Waals surface area contributed by atoms with Gasteiger partial charge in [-0.15, -0.1) is 11.3 Å². The lowest BCUT2D eigenvalue weighted by molar-refractivity contribution is -0.139. The zero-order chi connectivity index (χ0) is 47.1. The van der Waals surface area contributed by atoms with E-state index in [0.29, 0.717) is 77.4 Å². The number of amides is 5. The Bertz CT molecular complexity index is 2960. The summed E-state index contributed by atoms with van der Waals surface area (Å²) in [5, 5.41) is 29.2. The van der Waals surface area contributed by atoms with E-state index in [0.717, 1.165) is 27.7 Å². The molecule has 0 spiro atoms. The molecule has 0 radical (unpaired) electrons. The number of imide groups is 1. The Morgan fingerprint density at radius 3 is 2.33 bits per heavy atom. The molecule has 0 saturated carbocycles. The predicted octanol–water partition coefficient (Wildman–Crippen LogP) is 6.97. The summed E-state index contributed by atoms with van der Waals surface area (Å²) in [4.78, 5) is 78.1. The lowest BCUT2D eigenvalue weighted by Gasteiger charge is -2.33. The summed E-state index contributed by atoms with van der Waals surface area (Å²) in [6.45, 7) is 0.785. The molecule has 348 valence electrons. The van der Waals surface area contributed by atoms with Crippen molar-refractivity contribution in [2.75, 3.05) is 48.3 Å². The van der Waals surface area contributed by atoms with Gasteiger partial charge in [0.15, 0.2) is 17.2 Å². The van der Waals surface area contributed by atoms with Crippen LogP contribution in [-0.2, 0) is 30.2 Å². The zero-order valence-electron chi connectivity index (χ0n) is 35.8. The number of sulfonamides is 1. The Morgan fingerprint density at radius 2 is 1.60 bits per heavy atom. The number of aromatic carboxylic acids is 1. The topological polar surface area (TPSA) is 232 Å². The maximum Gasteiger partial charge on any atom is 0.349 e. The summed E-state index contributed by atoms with van der Waals surface area (Å²) in [6.07, 6.45) is 2.83. The monoisotopic (exact) mass is 968 g/mol. The second-order valence-corrected chi connectivity index (χ2v) is 20.3. The van der Waals surface area contributed by atoms with Crippen molar-refractivity contribution in [2.45, 2.75) is 62.3 Å². The van der Waals surface area contributed by atoms with Gasteiger partial charge in [0, 0.05) is 61.0 Å². The summed E-state index contributed by atoms with van der Waals surface area (Å²) < 4.78 is 34.0. The molecule has 17 nitrogen and oxygen atoms in total. The molecule has 20 heteroatoms. The van der Waals surface area contributed by atoms with E-state index in [4.69, 9.17) is 21.4 Å². The van der Waals surface area contributed by atoms with Crippen LogP contribution in [-0.4, -0.2) is 108 Å². The third-order valence-electron chi connectivity index (χ3n) is 12.7. The minimum atomic E-state index is -3.71. The van der Waals surface area contributed by atoms with E-state index in [1.54, 1.807) is 53.4 Å². The number of aliphatic carboxylic acids is 1. The van der Waals surface area contributed by atoms with Gasteiger partial charge in [-0.05, 0) is 96.5 Å². The van der Waals surface area contributed by atoms with Gasteiger partial charge < -0.3 is 30.5 Å². The maximum absolute atomic E-state index is 13.7. The molecule has 4 aliphatic rings. The normalized spacial score (nSPS) is 18.3. The number of anilines is 3. The number of benzene rings is 4. The van der Waals surface area contributed by atoms with Crippen LogP contribution in [0.5, 0.6) is 5.75 Å². The largest absolute Gasteiger partial charge is 0.479 e. The van der Waals surface area contributed by atoms with Crippen molar-refractivity contribution in [2.24, 2.45) is 0 Å². The first-order chi connectivity index (χ1) is 32.1. The van der Waals surface area contributed by atoms with Crippen molar-refractivity contribution in [3.63, 3.8) is 0 Å². The molecule has 0 bridgehead atoms. The highest BCUT2D eigenvalue weighted by molar-refractivity contribution is 7.88. The quantitative estimate of drug-likeness (QED) is 0.0754. The molecule has 1 aromatic heterocycles. The van der Waals surface area contributed by atoms with Crippen molar-refractivity contribution in [3.8, 4) is 16.2 Å². The molecule has 1 unspecified atom stereocenters. The van der Waals surface area contributed by atoms with E-state index in [-0.39, 0.29) is 77.1 Å². The fourth-order valence-corrected chi connectivity index (χ4v) is 12.5. The van der Waals surface area contributed by atoms with Crippen LogP contribution in [0, 0.1) is 0 Å². The molecule has 1 atom stereocenters. The van der Waals surface area contributed by atoms with Crippen LogP contribution in [0.3, 0.4) is 0 Å².